The van der Waals surface area contributed by atoms with Crippen LogP contribution >= 0.6 is 0 Å². The number of nitrogens with zero attached hydrogens (tertiary/aromatic N) is 1. The van der Waals surface area contributed by atoms with Crippen LogP contribution in [0.15, 0.2) is 42.5 Å². The highest BCUT2D eigenvalue weighted by Gasteiger charge is 2.41. The van der Waals surface area contributed by atoms with Crippen LogP contribution in [0.5, 0.6) is 11.5 Å². The van der Waals surface area contributed by atoms with Crippen molar-refractivity contribution in [3.8, 4) is 11.5 Å². The number of ether oxygens (including phenoxy) is 2. The molecule has 2 aromatic rings. The first-order valence-electron chi connectivity index (χ1n) is 10.8. The second kappa shape index (κ2) is 8.76. The molecule has 0 bridgehead atoms. The molecule has 2 aliphatic rings. The number of piperidine rings is 1. The Morgan fingerprint density at radius 2 is 1.73 bits per heavy atom. The number of alkyl halides is 1. The zero-order valence-electron chi connectivity index (χ0n) is 17.8. The number of hydrogen-bond donors (Lipinski definition) is 0. The molecule has 30 heavy (non-hydrogen) atoms. The molecule has 0 aromatic heterocycles. The van der Waals surface area contributed by atoms with Crippen LogP contribution in [0.2, 0.25) is 0 Å². The van der Waals surface area contributed by atoms with Crippen molar-refractivity contribution in [3.63, 3.8) is 0 Å². The molecule has 1 unspecified atom stereocenters. The van der Waals surface area contributed by atoms with Gasteiger partial charge in [-0.3, -0.25) is 4.79 Å². The van der Waals surface area contributed by atoms with Crippen molar-refractivity contribution in [2.75, 3.05) is 33.9 Å². The van der Waals surface area contributed by atoms with E-state index in [9.17, 15) is 4.79 Å². The molecule has 4 nitrogen and oxygen atoms in total. The normalized spacial score (nSPS) is 20.8. The minimum atomic E-state index is -1.26. The molecule has 0 spiro atoms. The first-order chi connectivity index (χ1) is 14.5. The van der Waals surface area contributed by atoms with Crippen molar-refractivity contribution in [1.29, 1.82) is 0 Å². The first kappa shape index (κ1) is 20.9. The van der Waals surface area contributed by atoms with E-state index in [0.717, 1.165) is 31.6 Å². The third-order valence-corrected chi connectivity index (χ3v) is 6.64. The number of likely N-dealkylation sites (tertiary alicyclic amines) is 1. The summed E-state index contributed by atoms with van der Waals surface area (Å²) < 4.78 is 26.3. The molecule has 0 saturated carbocycles. The fourth-order valence-corrected chi connectivity index (χ4v) is 4.82. The molecule has 0 amide bonds. The number of Topliss-reactive ketones (excluding diaryl/α,β-unsaturated/α-hetero) is 1. The highest BCUT2D eigenvalue weighted by Crippen LogP contribution is 2.41. The van der Waals surface area contributed by atoms with E-state index in [1.165, 1.54) is 5.56 Å². The van der Waals surface area contributed by atoms with E-state index in [1.54, 1.807) is 20.3 Å². The molecule has 1 fully saturated rings. The van der Waals surface area contributed by atoms with Gasteiger partial charge in [-0.2, -0.15) is 0 Å². The lowest BCUT2D eigenvalue weighted by atomic mass is 9.82. The minimum absolute atomic E-state index is 0.0366. The predicted molar refractivity (Wildman–Crippen MR) is 115 cm³/mol. The number of halogens is 1. The van der Waals surface area contributed by atoms with Gasteiger partial charge >= 0.3 is 0 Å². The summed E-state index contributed by atoms with van der Waals surface area (Å²) in [6, 6.07) is 14.0. The molecule has 1 atom stereocenters. The summed E-state index contributed by atoms with van der Waals surface area (Å²) in [6.07, 6.45) is 2.86. The maximum Gasteiger partial charge on any atom is 0.166 e. The van der Waals surface area contributed by atoms with E-state index in [2.05, 4.69) is 29.2 Å². The van der Waals surface area contributed by atoms with E-state index < -0.39 is 5.67 Å². The van der Waals surface area contributed by atoms with Crippen LogP contribution in [-0.4, -0.2) is 50.2 Å². The van der Waals surface area contributed by atoms with Gasteiger partial charge in [0.2, 0.25) is 0 Å². The average molecular weight is 412 g/mol. The van der Waals surface area contributed by atoms with E-state index in [1.807, 2.05) is 12.1 Å². The van der Waals surface area contributed by atoms with E-state index in [0.29, 0.717) is 42.7 Å². The van der Waals surface area contributed by atoms with Crippen LogP contribution in [-0.2, 0) is 12.8 Å². The lowest BCUT2D eigenvalue weighted by molar-refractivity contribution is 0.0364. The topological polar surface area (TPSA) is 38.8 Å². The third kappa shape index (κ3) is 4.36. The maximum absolute atomic E-state index is 15.6. The van der Waals surface area contributed by atoms with Crippen molar-refractivity contribution in [3.05, 3.63) is 59.2 Å². The predicted octanol–water partition coefficient (Wildman–Crippen LogP) is 4.50. The zero-order chi connectivity index (χ0) is 21.1. The summed E-state index contributed by atoms with van der Waals surface area (Å²) in [5, 5.41) is 0. The Balaban J connectivity index is 1.34. The lowest BCUT2D eigenvalue weighted by Crippen LogP contribution is -2.43. The molecule has 0 radical (unpaired) electrons. The number of carbonyl (C=O) groups excluding carboxylic acids is 1. The Morgan fingerprint density at radius 3 is 2.40 bits per heavy atom. The molecule has 2 aromatic carbocycles. The van der Waals surface area contributed by atoms with Gasteiger partial charge in [-0.15, -0.1) is 0 Å². The molecule has 5 heteroatoms. The summed E-state index contributed by atoms with van der Waals surface area (Å²) >= 11 is 0. The van der Waals surface area contributed by atoms with Gasteiger partial charge in [-0.1, -0.05) is 30.3 Å². The number of benzene rings is 2. The van der Waals surface area contributed by atoms with Crippen molar-refractivity contribution in [2.24, 2.45) is 5.92 Å². The van der Waals surface area contributed by atoms with Crippen LogP contribution in [0.4, 0.5) is 4.39 Å². The minimum Gasteiger partial charge on any atom is -0.493 e. The zero-order valence-corrected chi connectivity index (χ0v) is 17.8. The Bertz CT molecular complexity index is 891. The monoisotopic (exact) mass is 411 g/mol. The van der Waals surface area contributed by atoms with Crippen LogP contribution in [0.3, 0.4) is 0 Å². The quantitative estimate of drug-likeness (QED) is 0.673. The summed E-state index contributed by atoms with van der Waals surface area (Å²) in [4.78, 5) is 15.3. The first-order valence-corrected chi connectivity index (χ1v) is 10.8. The average Bonchev–Trinajstić information content (AvgIpc) is 3.07. The molecule has 1 aliphatic carbocycles. The van der Waals surface area contributed by atoms with Crippen LogP contribution in [0, 0.1) is 5.92 Å². The number of fused-ring (bicyclic) bond motifs is 1. The van der Waals surface area contributed by atoms with E-state index in [-0.39, 0.29) is 11.7 Å². The molecule has 160 valence electrons. The summed E-state index contributed by atoms with van der Waals surface area (Å²) in [5.41, 5.74) is 1.64. The third-order valence-electron chi connectivity index (χ3n) is 6.64. The fourth-order valence-electron chi connectivity index (χ4n) is 4.82. The summed E-state index contributed by atoms with van der Waals surface area (Å²) in [5.74, 6) is 0.908. The van der Waals surface area contributed by atoms with Gasteiger partial charge in [0.15, 0.2) is 17.3 Å². The van der Waals surface area contributed by atoms with E-state index in [4.69, 9.17) is 9.47 Å². The van der Waals surface area contributed by atoms with Crippen molar-refractivity contribution in [1.82, 2.24) is 4.90 Å². The molecular formula is C25H30FNO3. The number of hydrogen-bond acceptors (Lipinski definition) is 4. The van der Waals surface area contributed by atoms with Crippen molar-refractivity contribution < 1.29 is 18.7 Å². The highest BCUT2D eigenvalue weighted by atomic mass is 19.1. The van der Waals surface area contributed by atoms with Gasteiger partial charge in [0.1, 0.15) is 5.67 Å². The summed E-state index contributed by atoms with van der Waals surface area (Å²) in [6.45, 7) is 2.45. The molecule has 4 rings (SSSR count). The number of rotatable bonds is 7. The number of methoxy groups -OCH3 is 2. The van der Waals surface area contributed by atoms with E-state index >= 15 is 4.39 Å². The van der Waals surface area contributed by atoms with Gasteiger partial charge in [0, 0.05) is 31.1 Å². The smallest absolute Gasteiger partial charge is 0.166 e. The maximum atomic E-state index is 15.6. The van der Waals surface area contributed by atoms with Gasteiger partial charge in [-0.05, 0) is 55.4 Å². The van der Waals surface area contributed by atoms with Crippen LogP contribution < -0.4 is 9.47 Å². The van der Waals surface area contributed by atoms with Crippen molar-refractivity contribution in [2.45, 2.75) is 37.8 Å². The second-order valence-electron chi connectivity index (χ2n) is 8.56. The molecular weight excluding hydrogens is 381 g/mol. The Hall–Kier alpha value is -2.40. The number of ketones is 1. The highest BCUT2D eigenvalue weighted by molar-refractivity contribution is 6.03. The van der Waals surface area contributed by atoms with Gasteiger partial charge in [0.25, 0.3) is 0 Å². The largest absolute Gasteiger partial charge is 0.493 e. The van der Waals surface area contributed by atoms with Gasteiger partial charge < -0.3 is 14.4 Å². The molecule has 1 heterocycles. The molecule has 1 saturated heterocycles. The Kier molecular flexibility index (Phi) is 6.09. The SMILES string of the molecule is COc1cc2c(cc1OC)C(=O)C(CC1(F)CCN(CCc3ccccc3)CC1)C2. The fraction of sp³-hybridized carbons (Fsp3) is 0.480. The van der Waals surface area contributed by atoms with Crippen LogP contribution in [0.1, 0.15) is 40.7 Å². The molecule has 1 aliphatic heterocycles. The standard InChI is InChI=1S/C25H30FNO3/c1-29-22-15-19-14-20(24(28)21(19)16-23(22)30-2)17-25(26)9-12-27(13-10-25)11-8-18-6-4-3-5-7-18/h3-7,15-16,20H,8-14,17H2,1-2H3. The number of carbonyl (C=O) groups is 1. The molecule has 0 N–H and O–H groups in total. The van der Waals surface area contributed by atoms with Gasteiger partial charge in [0.05, 0.1) is 14.2 Å². The Morgan fingerprint density at radius 1 is 1.07 bits per heavy atom. The second-order valence-corrected chi connectivity index (χ2v) is 8.56. The van der Waals surface area contributed by atoms with Crippen LogP contribution in [0.25, 0.3) is 0 Å². The summed E-state index contributed by atoms with van der Waals surface area (Å²) in [7, 11) is 3.14. The Labute approximate surface area is 178 Å². The lowest BCUT2D eigenvalue weighted by Gasteiger charge is -2.37. The van der Waals surface area contributed by atoms with Gasteiger partial charge in [-0.25, -0.2) is 4.39 Å². The van der Waals surface area contributed by atoms with Crippen molar-refractivity contribution >= 4 is 5.78 Å².